The van der Waals surface area contributed by atoms with Crippen LogP contribution in [0.15, 0.2) is 34.0 Å². The Morgan fingerprint density at radius 2 is 2.11 bits per heavy atom. The van der Waals surface area contributed by atoms with Gasteiger partial charge in [-0.1, -0.05) is 19.4 Å². The number of alkyl halides is 3. The second-order valence-electron chi connectivity index (χ2n) is 3.81. The Morgan fingerprint density at radius 3 is 2.67 bits per heavy atom. The van der Waals surface area contributed by atoms with E-state index in [1.807, 2.05) is 6.92 Å². The number of hydrogen-bond acceptors (Lipinski definition) is 1. The van der Waals surface area contributed by atoms with Gasteiger partial charge in [-0.15, -0.1) is 0 Å². The van der Waals surface area contributed by atoms with Gasteiger partial charge < -0.3 is 4.57 Å². The fraction of sp³-hybridized carbons (Fsp3) is 0.417. The van der Waals surface area contributed by atoms with Gasteiger partial charge >= 0.3 is 6.18 Å². The molecule has 0 aliphatic heterocycles. The van der Waals surface area contributed by atoms with E-state index in [9.17, 15) is 13.2 Å². The van der Waals surface area contributed by atoms with Crippen molar-refractivity contribution >= 4 is 15.9 Å². The number of unbranched alkanes of at least 4 members (excludes halogenated alkanes) is 1. The molecule has 0 atom stereocenters. The van der Waals surface area contributed by atoms with E-state index in [4.69, 9.17) is 0 Å². The monoisotopic (exact) mass is 322 g/mol. The summed E-state index contributed by atoms with van der Waals surface area (Å²) in [5, 5.41) is 0. The number of pyridine rings is 1. The van der Waals surface area contributed by atoms with Crippen molar-refractivity contribution in [1.29, 1.82) is 0 Å². The summed E-state index contributed by atoms with van der Waals surface area (Å²) in [5.74, 6) is 0. The molecule has 0 aliphatic rings. The summed E-state index contributed by atoms with van der Waals surface area (Å²) in [6.45, 7) is 1.99. The molecule has 0 bridgehead atoms. The maximum atomic E-state index is 12.9. The fourth-order valence-corrected chi connectivity index (χ4v) is 1.95. The van der Waals surface area contributed by atoms with Gasteiger partial charge in [-0.3, -0.25) is 0 Å². The molecule has 0 saturated carbocycles. The van der Waals surface area contributed by atoms with Gasteiger partial charge in [0.2, 0.25) is 0 Å². The Bertz CT molecular complexity index is 501. The number of rotatable bonds is 3. The predicted molar refractivity (Wildman–Crippen MR) is 67.7 cm³/mol. The van der Waals surface area contributed by atoms with Gasteiger partial charge in [-0.25, -0.2) is 4.99 Å². The van der Waals surface area contributed by atoms with Crippen molar-refractivity contribution in [3.8, 4) is 0 Å². The van der Waals surface area contributed by atoms with E-state index in [0.29, 0.717) is 4.47 Å². The summed E-state index contributed by atoms with van der Waals surface area (Å²) in [7, 11) is 1.53. The van der Waals surface area contributed by atoms with Gasteiger partial charge in [0, 0.05) is 23.9 Å². The first kappa shape index (κ1) is 15.0. The van der Waals surface area contributed by atoms with E-state index >= 15 is 0 Å². The lowest BCUT2D eigenvalue weighted by Crippen LogP contribution is -2.27. The summed E-state index contributed by atoms with van der Waals surface area (Å²) < 4.78 is 40.3. The molecular formula is C12H14BrF3N2. The molecule has 0 radical (unpaired) electrons. The first-order chi connectivity index (χ1) is 8.36. The Morgan fingerprint density at radius 1 is 1.44 bits per heavy atom. The molecule has 6 heteroatoms. The fourth-order valence-electron chi connectivity index (χ4n) is 1.41. The van der Waals surface area contributed by atoms with Gasteiger partial charge in [-0.2, -0.15) is 13.2 Å². The average Bonchev–Trinajstić information content (AvgIpc) is 2.24. The van der Waals surface area contributed by atoms with Crippen LogP contribution in [0.3, 0.4) is 0 Å². The molecule has 0 amide bonds. The Kier molecular flexibility index (Phi) is 5.19. The van der Waals surface area contributed by atoms with Crippen molar-refractivity contribution in [3.63, 3.8) is 0 Å². The number of aryl methyl sites for hydroxylation is 1. The van der Waals surface area contributed by atoms with Crippen LogP contribution in [0.25, 0.3) is 0 Å². The molecule has 0 N–H and O–H groups in total. The minimum atomic E-state index is -4.42. The second-order valence-corrected chi connectivity index (χ2v) is 4.72. The zero-order valence-corrected chi connectivity index (χ0v) is 11.7. The molecule has 0 aliphatic carbocycles. The summed E-state index contributed by atoms with van der Waals surface area (Å²) in [4.78, 5) is 3.89. The van der Waals surface area contributed by atoms with E-state index in [1.54, 1.807) is 12.3 Å². The first-order valence-electron chi connectivity index (χ1n) is 5.48. The average molecular weight is 323 g/mol. The third kappa shape index (κ3) is 4.01. The van der Waals surface area contributed by atoms with Crippen molar-refractivity contribution in [3.05, 3.63) is 40.1 Å². The summed E-state index contributed by atoms with van der Waals surface area (Å²) in [6.07, 6.45) is 2.03. The van der Waals surface area contributed by atoms with Crippen LogP contribution >= 0.6 is 15.9 Å². The van der Waals surface area contributed by atoms with Gasteiger partial charge in [0.15, 0.2) is 0 Å². The van der Waals surface area contributed by atoms with Gasteiger partial charge in [0.25, 0.3) is 0 Å². The van der Waals surface area contributed by atoms with E-state index < -0.39 is 11.7 Å². The molecule has 1 aromatic rings. The normalized spacial score (nSPS) is 13.6. The van der Waals surface area contributed by atoms with Crippen molar-refractivity contribution in [2.45, 2.75) is 25.9 Å². The Labute approximate surface area is 112 Å². The largest absolute Gasteiger partial charge is 0.420 e. The zero-order chi connectivity index (χ0) is 13.8. The molecule has 0 aromatic carbocycles. The molecule has 100 valence electrons. The van der Waals surface area contributed by atoms with Gasteiger partial charge in [0.1, 0.15) is 5.49 Å². The van der Waals surface area contributed by atoms with Crippen molar-refractivity contribution < 1.29 is 13.2 Å². The third-order valence-electron chi connectivity index (χ3n) is 2.24. The highest BCUT2D eigenvalue weighted by molar-refractivity contribution is 9.10. The van der Waals surface area contributed by atoms with Crippen LogP contribution in [-0.4, -0.2) is 4.57 Å². The number of aromatic nitrogens is 1. The van der Waals surface area contributed by atoms with E-state index in [2.05, 4.69) is 20.9 Å². The van der Waals surface area contributed by atoms with Crippen LogP contribution in [-0.2, 0) is 13.2 Å². The molecule has 0 spiro atoms. The number of nitrogens with zero attached hydrogens (tertiary/aromatic N) is 2. The van der Waals surface area contributed by atoms with E-state index in [-0.39, 0.29) is 5.49 Å². The van der Waals surface area contributed by atoms with Crippen LogP contribution in [0.5, 0.6) is 0 Å². The molecule has 2 nitrogen and oxygen atoms in total. The predicted octanol–water partition coefficient (Wildman–Crippen LogP) is 4.02. The highest BCUT2D eigenvalue weighted by Gasteiger charge is 2.33. The summed E-state index contributed by atoms with van der Waals surface area (Å²) >= 11 is 3.05. The number of halogens is 4. The maximum absolute atomic E-state index is 12.9. The smallest absolute Gasteiger partial charge is 0.334 e. The Hall–Kier alpha value is -1.04. The SMILES string of the molecule is CCC/C=C/N=c1c(C(F)(F)F)cc(Br)cn1C. The minimum Gasteiger partial charge on any atom is -0.334 e. The van der Waals surface area contributed by atoms with Crippen LogP contribution in [0.1, 0.15) is 25.3 Å². The van der Waals surface area contributed by atoms with Crippen LogP contribution in [0.4, 0.5) is 13.2 Å². The van der Waals surface area contributed by atoms with Crippen LogP contribution in [0.2, 0.25) is 0 Å². The quantitative estimate of drug-likeness (QED) is 0.799. The molecule has 18 heavy (non-hydrogen) atoms. The molecule has 0 fully saturated rings. The zero-order valence-electron chi connectivity index (χ0n) is 10.1. The lowest BCUT2D eigenvalue weighted by molar-refractivity contribution is -0.139. The highest BCUT2D eigenvalue weighted by Crippen LogP contribution is 2.28. The van der Waals surface area contributed by atoms with E-state index in [1.165, 1.54) is 17.8 Å². The lowest BCUT2D eigenvalue weighted by Gasteiger charge is -2.10. The standard InChI is InChI=1S/C12H14BrF3N2/c1-3-4-5-6-17-11-10(12(14,15)16)7-9(13)8-18(11)2/h5-8H,3-4H2,1-2H3/b6-5+,17-11?. The molecule has 0 saturated heterocycles. The topological polar surface area (TPSA) is 17.3 Å². The molecule has 1 aromatic heterocycles. The highest BCUT2D eigenvalue weighted by atomic mass is 79.9. The minimum absolute atomic E-state index is 0.0990. The Balaban J connectivity index is 3.33. The van der Waals surface area contributed by atoms with Gasteiger partial charge in [0.05, 0.1) is 5.56 Å². The molecule has 1 rings (SSSR count). The number of allylic oxidation sites excluding steroid dienone is 1. The van der Waals surface area contributed by atoms with Gasteiger partial charge in [-0.05, 0) is 28.4 Å². The first-order valence-corrected chi connectivity index (χ1v) is 6.27. The van der Waals surface area contributed by atoms with Crippen molar-refractivity contribution in [1.82, 2.24) is 4.57 Å². The number of hydrogen-bond donors (Lipinski definition) is 0. The summed E-state index contributed by atoms with van der Waals surface area (Å²) in [6, 6.07) is 1.03. The molecular weight excluding hydrogens is 309 g/mol. The van der Waals surface area contributed by atoms with Crippen molar-refractivity contribution in [2.75, 3.05) is 0 Å². The second kappa shape index (κ2) is 6.22. The molecule has 1 heterocycles. The third-order valence-corrected chi connectivity index (χ3v) is 2.67. The van der Waals surface area contributed by atoms with Crippen molar-refractivity contribution in [2.24, 2.45) is 12.0 Å². The summed E-state index contributed by atoms with van der Waals surface area (Å²) in [5.41, 5.74) is -0.849. The molecule has 0 unspecified atom stereocenters. The van der Waals surface area contributed by atoms with E-state index in [0.717, 1.165) is 18.9 Å². The maximum Gasteiger partial charge on any atom is 0.420 e. The van der Waals surface area contributed by atoms with Crippen LogP contribution in [0, 0.1) is 0 Å². The lowest BCUT2D eigenvalue weighted by atomic mass is 10.2. The van der Waals surface area contributed by atoms with Crippen LogP contribution < -0.4 is 5.49 Å².